The molecule has 0 spiro atoms. The van der Waals surface area contributed by atoms with Crippen molar-refractivity contribution in [3.05, 3.63) is 35.6 Å². The van der Waals surface area contributed by atoms with E-state index in [0.29, 0.717) is 5.56 Å². The van der Waals surface area contributed by atoms with Gasteiger partial charge in [-0.15, -0.1) is 0 Å². The molecular weight excluding hydrogens is 249 g/mol. The number of carboxylic acid groups (broad SMARTS) is 1. The molecule has 2 N–H and O–H groups in total. The minimum absolute atomic E-state index is 0.00302. The molecule has 1 amide bonds. The molecule has 1 aromatic carbocycles. The molecule has 0 bridgehead atoms. The van der Waals surface area contributed by atoms with E-state index in [4.69, 9.17) is 5.11 Å². The summed E-state index contributed by atoms with van der Waals surface area (Å²) >= 11 is 0. The van der Waals surface area contributed by atoms with Crippen molar-refractivity contribution in [1.82, 2.24) is 5.32 Å². The molecule has 0 heterocycles. The molecule has 0 saturated heterocycles. The molecule has 102 valence electrons. The number of hydrogen-bond acceptors (Lipinski definition) is 2. The molecule has 1 atom stereocenters. The third kappa shape index (κ3) is 3.53. The number of aliphatic carboxylic acids is 1. The average molecular weight is 265 g/mol. The van der Waals surface area contributed by atoms with Crippen molar-refractivity contribution >= 4 is 11.9 Å². The summed E-state index contributed by atoms with van der Waals surface area (Å²) in [7, 11) is 0. The summed E-state index contributed by atoms with van der Waals surface area (Å²) in [5, 5.41) is 11.6. The highest BCUT2D eigenvalue weighted by molar-refractivity contribution is 5.80. The number of hydrogen-bond donors (Lipinski definition) is 2. The van der Waals surface area contributed by atoms with Crippen LogP contribution in [0.3, 0.4) is 0 Å². The number of carbonyl (C=O) groups excluding carboxylic acids is 1. The summed E-state index contributed by atoms with van der Waals surface area (Å²) in [4.78, 5) is 22.7. The maximum atomic E-state index is 12.9. The quantitative estimate of drug-likeness (QED) is 0.858. The van der Waals surface area contributed by atoms with Crippen LogP contribution in [0.25, 0.3) is 0 Å². The van der Waals surface area contributed by atoms with Gasteiger partial charge in [0.15, 0.2) is 0 Å². The van der Waals surface area contributed by atoms with Crippen LogP contribution in [0.5, 0.6) is 0 Å². The molecular formula is C14H16FNO3. The SMILES string of the molecule is O=C(O)C[C@H](NC(=O)C1CCC1)c1ccc(F)cc1. The number of rotatable bonds is 5. The van der Waals surface area contributed by atoms with Gasteiger partial charge in [0.25, 0.3) is 0 Å². The second kappa shape index (κ2) is 5.82. The van der Waals surface area contributed by atoms with Gasteiger partial charge < -0.3 is 10.4 Å². The standard InChI is InChI=1S/C14H16FNO3/c15-11-6-4-9(5-7-11)12(8-13(17)18)16-14(19)10-2-1-3-10/h4-7,10,12H,1-3,8H2,(H,16,19)(H,17,18)/t12-/m0/s1. The Hall–Kier alpha value is -1.91. The molecule has 1 aliphatic rings. The summed E-state index contributed by atoms with van der Waals surface area (Å²) in [6, 6.07) is 4.93. The van der Waals surface area contributed by atoms with Crippen molar-refractivity contribution in [3.63, 3.8) is 0 Å². The largest absolute Gasteiger partial charge is 0.481 e. The fourth-order valence-corrected chi connectivity index (χ4v) is 2.08. The van der Waals surface area contributed by atoms with Gasteiger partial charge in [0.2, 0.25) is 5.91 Å². The fraction of sp³-hybridized carbons (Fsp3) is 0.429. The molecule has 0 aliphatic heterocycles. The lowest BCUT2D eigenvalue weighted by atomic mass is 9.84. The molecule has 0 unspecified atom stereocenters. The summed E-state index contributed by atoms with van der Waals surface area (Å²) in [5.74, 6) is -1.50. The van der Waals surface area contributed by atoms with Crippen molar-refractivity contribution in [2.45, 2.75) is 31.7 Å². The van der Waals surface area contributed by atoms with Gasteiger partial charge in [-0.2, -0.15) is 0 Å². The summed E-state index contributed by atoms with van der Waals surface area (Å²) in [5.41, 5.74) is 0.608. The highest BCUT2D eigenvalue weighted by Crippen LogP contribution is 2.28. The van der Waals surface area contributed by atoms with E-state index in [-0.39, 0.29) is 24.1 Å². The van der Waals surface area contributed by atoms with Crippen LogP contribution in [0.15, 0.2) is 24.3 Å². The molecule has 4 nitrogen and oxygen atoms in total. The van der Waals surface area contributed by atoms with Gasteiger partial charge in [0.05, 0.1) is 12.5 Å². The molecule has 0 radical (unpaired) electrons. The Morgan fingerprint density at radius 3 is 2.42 bits per heavy atom. The number of amides is 1. The minimum Gasteiger partial charge on any atom is -0.481 e. The Morgan fingerprint density at radius 1 is 1.32 bits per heavy atom. The third-order valence-corrected chi connectivity index (χ3v) is 3.44. The summed E-state index contributed by atoms with van der Waals surface area (Å²) < 4.78 is 12.9. The molecule has 0 aromatic heterocycles. The van der Waals surface area contributed by atoms with Crippen LogP contribution in [0.1, 0.15) is 37.3 Å². The van der Waals surface area contributed by atoms with Gasteiger partial charge in [0, 0.05) is 5.92 Å². The van der Waals surface area contributed by atoms with Crippen LogP contribution in [0, 0.1) is 11.7 Å². The zero-order chi connectivity index (χ0) is 13.8. The number of carboxylic acids is 1. The lowest BCUT2D eigenvalue weighted by Crippen LogP contribution is -2.37. The summed E-state index contributed by atoms with van der Waals surface area (Å²) in [6.45, 7) is 0. The Morgan fingerprint density at radius 2 is 1.95 bits per heavy atom. The number of benzene rings is 1. The van der Waals surface area contributed by atoms with E-state index >= 15 is 0 Å². The second-order valence-electron chi connectivity index (χ2n) is 4.84. The Kier molecular flexibility index (Phi) is 4.14. The van der Waals surface area contributed by atoms with Crippen LogP contribution in [0.4, 0.5) is 4.39 Å². The molecule has 5 heteroatoms. The number of nitrogens with one attached hydrogen (secondary N) is 1. The normalized spacial score (nSPS) is 16.5. The molecule has 1 aliphatic carbocycles. The monoisotopic (exact) mass is 265 g/mol. The molecule has 1 saturated carbocycles. The van der Waals surface area contributed by atoms with Gasteiger partial charge in [-0.3, -0.25) is 9.59 Å². The lowest BCUT2D eigenvalue weighted by Gasteiger charge is -2.27. The van der Waals surface area contributed by atoms with Crippen molar-refractivity contribution in [2.24, 2.45) is 5.92 Å². The Balaban J connectivity index is 2.08. The van der Waals surface area contributed by atoms with Crippen molar-refractivity contribution in [2.75, 3.05) is 0 Å². The van der Waals surface area contributed by atoms with Crippen LogP contribution >= 0.6 is 0 Å². The molecule has 2 rings (SSSR count). The van der Waals surface area contributed by atoms with Gasteiger partial charge >= 0.3 is 5.97 Å². The van der Waals surface area contributed by atoms with E-state index in [1.54, 1.807) is 0 Å². The van der Waals surface area contributed by atoms with Crippen molar-refractivity contribution in [1.29, 1.82) is 0 Å². The smallest absolute Gasteiger partial charge is 0.305 e. The van der Waals surface area contributed by atoms with Crippen LogP contribution < -0.4 is 5.32 Å². The maximum Gasteiger partial charge on any atom is 0.305 e. The van der Waals surface area contributed by atoms with E-state index in [2.05, 4.69) is 5.32 Å². The van der Waals surface area contributed by atoms with Crippen molar-refractivity contribution < 1.29 is 19.1 Å². The van der Waals surface area contributed by atoms with E-state index in [9.17, 15) is 14.0 Å². The zero-order valence-corrected chi connectivity index (χ0v) is 10.4. The first-order chi connectivity index (χ1) is 9.06. The Bertz CT molecular complexity index is 468. The first-order valence-electron chi connectivity index (χ1n) is 6.34. The fourth-order valence-electron chi connectivity index (χ4n) is 2.08. The predicted molar refractivity (Wildman–Crippen MR) is 66.9 cm³/mol. The minimum atomic E-state index is -0.997. The Labute approximate surface area is 110 Å². The van der Waals surface area contributed by atoms with E-state index < -0.39 is 12.0 Å². The first-order valence-corrected chi connectivity index (χ1v) is 6.34. The summed E-state index contributed by atoms with van der Waals surface area (Å²) in [6.07, 6.45) is 2.55. The molecule has 1 fully saturated rings. The first kappa shape index (κ1) is 13.5. The average Bonchev–Trinajstić information content (AvgIpc) is 2.26. The van der Waals surface area contributed by atoms with E-state index in [1.165, 1.54) is 24.3 Å². The highest BCUT2D eigenvalue weighted by Gasteiger charge is 2.28. The number of carbonyl (C=O) groups is 2. The van der Waals surface area contributed by atoms with Crippen LogP contribution in [-0.4, -0.2) is 17.0 Å². The highest BCUT2D eigenvalue weighted by atomic mass is 19.1. The lowest BCUT2D eigenvalue weighted by molar-refractivity contribution is -0.138. The van der Waals surface area contributed by atoms with E-state index in [0.717, 1.165) is 19.3 Å². The van der Waals surface area contributed by atoms with Crippen molar-refractivity contribution in [3.8, 4) is 0 Å². The van der Waals surface area contributed by atoms with Crippen LogP contribution in [-0.2, 0) is 9.59 Å². The predicted octanol–water partition coefficient (Wildman–Crippen LogP) is 2.26. The third-order valence-electron chi connectivity index (χ3n) is 3.44. The van der Waals surface area contributed by atoms with Gasteiger partial charge in [-0.1, -0.05) is 18.6 Å². The van der Waals surface area contributed by atoms with E-state index in [1.807, 2.05) is 0 Å². The molecule has 1 aromatic rings. The van der Waals surface area contributed by atoms with Crippen LogP contribution in [0.2, 0.25) is 0 Å². The van der Waals surface area contributed by atoms with Gasteiger partial charge in [-0.05, 0) is 30.5 Å². The maximum absolute atomic E-state index is 12.9. The number of halogens is 1. The van der Waals surface area contributed by atoms with Gasteiger partial charge in [0.1, 0.15) is 5.82 Å². The second-order valence-corrected chi connectivity index (χ2v) is 4.84. The zero-order valence-electron chi connectivity index (χ0n) is 10.4. The molecule has 19 heavy (non-hydrogen) atoms. The van der Waals surface area contributed by atoms with Gasteiger partial charge in [-0.25, -0.2) is 4.39 Å². The topological polar surface area (TPSA) is 66.4 Å².